The maximum atomic E-state index is 12.8. The maximum Gasteiger partial charge on any atom is 0.277 e. The lowest BCUT2D eigenvalue weighted by Crippen LogP contribution is -2.16. The lowest BCUT2D eigenvalue weighted by molar-refractivity contribution is 0.0997. The highest BCUT2D eigenvalue weighted by Gasteiger charge is 2.10. The molecule has 0 N–H and O–H groups in total. The molecule has 3 aromatic rings. The molecule has 180 valence electrons. The fraction of sp³-hybridized carbons (Fsp3) is 0.370. The van der Waals surface area contributed by atoms with Gasteiger partial charge in [0.15, 0.2) is 0 Å². The van der Waals surface area contributed by atoms with Crippen LogP contribution >= 0.6 is 0 Å². The molecule has 2 aromatic carbocycles. The van der Waals surface area contributed by atoms with E-state index in [-0.39, 0.29) is 0 Å². The SMILES string of the molecule is CCCCCCCCOc1cc(=NC(=O)c2cc(OC)cc(OC)c2)cnn1-c1ccccc1. The van der Waals surface area contributed by atoms with Crippen molar-refractivity contribution >= 4 is 5.91 Å². The van der Waals surface area contributed by atoms with Gasteiger partial charge in [-0.25, -0.2) is 9.67 Å². The van der Waals surface area contributed by atoms with Crippen molar-refractivity contribution in [3.63, 3.8) is 0 Å². The molecule has 1 amide bonds. The third-order valence-corrected chi connectivity index (χ3v) is 5.36. The number of amides is 1. The molecule has 0 radical (unpaired) electrons. The molecule has 0 atom stereocenters. The van der Waals surface area contributed by atoms with Crippen molar-refractivity contribution in [3.05, 3.63) is 71.7 Å². The van der Waals surface area contributed by atoms with Crippen molar-refractivity contribution in [2.24, 2.45) is 4.99 Å². The van der Waals surface area contributed by atoms with Gasteiger partial charge in [-0.2, -0.15) is 5.10 Å². The first-order valence-corrected chi connectivity index (χ1v) is 11.7. The van der Waals surface area contributed by atoms with Crippen molar-refractivity contribution < 1.29 is 19.0 Å². The Hall–Kier alpha value is -3.61. The number of carbonyl (C=O) groups excluding carboxylic acids is 1. The Balaban J connectivity index is 1.83. The van der Waals surface area contributed by atoms with Crippen LogP contribution in [0.3, 0.4) is 0 Å². The molecule has 0 saturated carbocycles. The predicted molar refractivity (Wildman–Crippen MR) is 132 cm³/mol. The summed E-state index contributed by atoms with van der Waals surface area (Å²) in [6.07, 6.45) is 8.61. The van der Waals surface area contributed by atoms with Crippen LogP contribution in [0.15, 0.2) is 65.8 Å². The molecule has 3 rings (SSSR count). The maximum absolute atomic E-state index is 12.8. The van der Waals surface area contributed by atoms with Gasteiger partial charge >= 0.3 is 0 Å². The van der Waals surface area contributed by atoms with E-state index in [0.717, 1.165) is 18.5 Å². The summed E-state index contributed by atoms with van der Waals surface area (Å²) in [5, 5.41) is 4.91. The molecular formula is C27H33N3O4. The van der Waals surface area contributed by atoms with Gasteiger partial charge in [0.1, 0.15) is 11.5 Å². The summed E-state index contributed by atoms with van der Waals surface area (Å²) < 4.78 is 18.3. The van der Waals surface area contributed by atoms with Crippen molar-refractivity contribution in [1.29, 1.82) is 0 Å². The van der Waals surface area contributed by atoms with E-state index in [1.165, 1.54) is 39.9 Å². The molecule has 34 heavy (non-hydrogen) atoms. The van der Waals surface area contributed by atoms with Gasteiger partial charge in [0.05, 0.1) is 38.1 Å². The number of ether oxygens (including phenoxy) is 3. The Morgan fingerprint density at radius 3 is 2.26 bits per heavy atom. The summed E-state index contributed by atoms with van der Waals surface area (Å²) in [5.41, 5.74) is 1.24. The molecular weight excluding hydrogens is 430 g/mol. The first-order chi connectivity index (χ1) is 16.6. The first kappa shape index (κ1) is 25.0. The van der Waals surface area contributed by atoms with Crippen LogP contribution in [-0.4, -0.2) is 36.5 Å². The van der Waals surface area contributed by atoms with Gasteiger partial charge < -0.3 is 14.2 Å². The number of para-hydroxylation sites is 1. The number of nitrogens with zero attached hydrogens (tertiary/aromatic N) is 3. The van der Waals surface area contributed by atoms with Crippen molar-refractivity contribution in [3.8, 4) is 23.1 Å². The van der Waals surface area contributed by atoms with Crippen LogP contribution in [0.4, 0.5) is 0 Å². The summed E-state index contributed by atoms with van der Waals surface area (Å²) in [6.45, 7) is 2.79. The topological polar surface area (TPSA) is 74.9 Å². The summed E-state index contributed by atoms with van der Waals surface area (Å²) in [4.78, 5) is 17.1. The highest BCUT2D eigenvalue weighted by atomic mass is 16.5. The molecule has 1 aromatic heterocycles. The minimum absolute atomic E-state index is 0.366. The van der Waals surface area contributed by atoms with E-state index < -0.39 is 5.91 Å². The molecule has 7 heteroatoms. The number of aromatic nitrogens is 2. The highest BCUT2D eigenvalue weighted by molar-refractivity contribution is 5.95. The third-order valence-electron chi connectivity index (χ3n) is 5.36. The summed E-state index contributed by atoms with van der Waals surface area (Å²) in [7, 11) is 3.08. The van der Waals surface area contributed by atoms with Crippen LogP contribution in [0.5, 0.6) is 17.4 Å². The van der Waals surface area contributed by atoms with E-state index in [9.17, 15) is 4.79 Å². The Bertz CT molecular complexity index is 1100. The van der Waals surface area contributed by atoms with Crippen molar-refractivity contribution in [1.82, 2.24) is 9.78 Å². The fourth-order valence-electron chi connectivity index (χ4n) is 3.50. The van der Waals surface area contributed by atoms with E-state index in [4.69, 9.17) is 14.2 Å². The molecule has 7 nitrogen and oxygen atoms in total. The zero-order valence-electron chi connectivity index (χ0n) is 20.2. The standard InChI is InChI=1S/C27H33N3O4/c1-4-5-6-7-8-12-15-34-26-18-22(20-28-30(26)23-13-10-9-11-14-23)29-27(31)21-16-24(32-2)19-25(17-21)33-3/h9-11,13-14,16-20H,4-8,12,15H2,1-3H3. The van der Waals surface area contributed by atoms with Crippen LogP contribution in [0.2, 0.25) is 0 Å². The largest absolute Gasteiger partial charge is 0.497 e. The second-order valence-corrected chi connectivity index (χ2v) is 7.93. The summed E-state index contributed by atoms with van der Waals surface area (Å²) >= 11 is 0. The van der Waals surface area contributed by atoms with Gasteiger partial charge in [0, 0.05) is 17.7 Å². The van der Waals surface area contributed by atoms with E-state index in [1.807, 2.05) is 30.3 Å². The predicted octanol–water partition coefficient (Wildman–Crippen LogP) is 5.37. The number of benzene rings is 2. The van der Waals surface area contributed by atoms with Crippen molar-refractivity contribution in [2.75, 3.05) is 20.8 Å². The van der Waals surface area contributed by atoms with E-state index >= 15 is 0 Å². The smallest absolute Gasteiger partial charge is 0.277 e. The quantitative estimate of drug-likeness (QED) is 0.338. The van der Waals surface area contributed by atoms with Gasteiger partial charge in [0.2, 0.25) is 5.88 Å². The minimum atomic E-state index is -0.418. The summed E-state index contributed by atoms with van der Waals surface area (Å²) in [5.74, 6) is 1.17. The molecule has 0 saturated heterocycles. The van der Waals surface area contributed by atoms with Gasteiger partial charge in [-0.3, -0.25) is 4.79 Å². The minimum Gasteiger partial charge on any atom is -0.497 e. The highest BCUT2D eigenvalue weighted by Crippen LogP contribution is 2.23. The molecule has 0 bridgehead atoms. The first-order valence-electron chi connectivity index (χ1n) is 11.7. The van der Waals surface area contributed by atoms with Crippen LogP contribution in [-0.2, 0) is 0 Å². The fourth-order valence-corrected chi connectivity index (χ4v) is 3.50. The lowest BCUT2D eigenvalue weighted by Gasteiger charge is -2.13. The van der Waals surface area contributed by atoms with Crippen LogP contribution in [0, 0.1) is 0 Å². The monoisotopic (exact) mass is 463 g/mol. The average molecular weight is 464 g/mol. The molecule has 0 fully saturated rings. The number of rotatable bonds is 12. The second kappa shape index (κ2) is 13.2. The Morgan fingerprint density at radius 2 is 1.59 bits per heavy atom. The lowest BCUT2D eigenvalue weighted by atomic mass is 10.1. The summed E-state index contributed by atoms with van der Waals surface area (Å²) in [6, 6.07) is 16.5. The second-order valence-electron chi connectivity index (χ2n) is 7.93. The van der Waals surface area contributed by atoms with Crippen molar-refractivity contribution in [2.45, 2.75) is 45.4 Å². The molecule has 0 spiro atoms. The number of unbranched alkanes of at least 4 members (excludes halogenated alkanes) is 5. The molecule has 1 heterocycles. The van der Waals surface area contributed by atoms with Crippen LogP contribution < -0.4 is 19.6 Å². The van der Waals surface area contributed by atoms with Gasteiger partial charge in [-0.1, -0.05) is 57.2 Å². The van der Waals surface area contributed by atoms with Gasteiger partial charge in [0.25, 0.3) is 5.91 Å². The van der Waals surface area contributed by atoms with Crippen LogP contribution in [0.25, 0.3) is 5.69 Å². The van der Waals surface area contributed by atoms with E-state index in [2.05, 4.69) is 17.0 Å². The van der Waals surface area contributed by atoms with Crippen LogP contribution in [0.1, 0.15) is 55.8 Å². The number of methoxy groups -OCH3 is 2. The zero-order chi connectivity index (χ0) is 24.2. The third kappa shape index (κ3) is 7.20. The van der Waals surface area contributed by atoms with E-state index in [1.54, 1.807) is 35.1 Å². The Morgan fingerprint density at radius 1 is 0.912 bits per heavy atom. The average Bonchev–Trinajstić information content (AvgIpc) is 2.88. The zero-order valence-corrected chi connectivity index (χ0v) is 20.2. The molecule has 0 aliphatic carbocycles. The Kier molecular flexibility index (Phi) is 9.70. The van der Waals surface area contributed by atoms with Gasteiger partial charge in [-0.05, 0) is 30.7 Å². The molecule has 0 aliphatic heterocycles. The number of carbonyl (C=O) groups is 1. The molecule has 0 aliphatic rings. The normalized spacial score (nSPS) is 11.3. The number of hydrogen-bond acceptors (Lipinski definition) is 5. The number of hydrogen-bond donors (Lipinski definition) is 0. The van der Waals surface area contributed by atoms with Gasteiger partial charge in [-0.15, -0.1) is 0 Å². The molecule has 0 unspecified atom stereocenters. The Labute approximate surface area is 201 Å². The van der Waals surface area contributed by atoms with E-state index in [0.29, 0.717) is 34.9 Å².